The quantitative estimate of drug-likeness (QED) is 0.402. The molecule has 174 valence electrons. The van der Waals surface area contributed by atoms with Crippen molar-refractivity contribution in [3.8, 4) is 11.6 Å². The van der Waals surface area contributed by atoms with E-state index in [9.17, 15) is 13.2 Å². The summed E-state index contributed by atoms with van der Waals surface area (Å²) in [6.45, 7) is 1.95. The van der Waals surface area contributed by atoms with Crippen molar-refractivity contribution in [2.24, 2.45) is 0 Å². The second-order valence-corrected chi connectivity index (χ2v) is 9.11. The van der Waals surface area contributed by atoms with E-state index in [1.165, 1.54) is 19.2 Å². The summed E-state index contributed by atoms with van der Waals surface area (Å²) in [4.78, 5) is 17.3. The first-order chi connectivity index (χ1) is 16.4. The number of hydrogen-bond acceptors (Lipinski definition) is 6. The fourth-order valence-corrected chi connectivity index (χ4v) is 4.41. The average Bonchev–Trinajstić information content (AvgIpc) is 3.38. The van der Waals surface area contributed by atoms with Crippen LogP contribution in [0.4, 0.5) is 5.69 Å². The number of carbonyl (C=O) groups is 1. The molecule has 2 heterocycles. The van der Waals surface area contributed by atoms with Gasteiger partial charge in [-0.15, -0.1) is 0 Å². The third-order valence-corrected chi connectivity index (χ3v) is 6.51. The molecule has 9 nitrogen and oxygen atoms in total. The fraction of sp³-hybridized carbons (Fsp3) is 0.125. The lowest BCUT2D eigenvalue weighted by Crippen LogP contribution is -2.25. The monoisotopic (exact) mass is 477 g/mol. The van der Waals surface area contributed by atoms with E-state index in [0.717, 1.165) is 5.56 Å². The van der Waals surface area contributed by atoms with E-state index in [1.54, 1.807) is 72.7 Å². The standard InChI is InChI=1S/C24H23N5O4S/c1-17-6-11-21(34(31,32)28-19-7-9-20(33-2)10-8-19)15-22(17)24(30)26-16-18-5-3-12-25-23(18)29-14-4-13-27-29/h3-15,28H,16H2,1-2H3,(H,26,30). The number of methoxy groups -OCH3 is 1. The summed E-state index contributed by atoms with van der Waals surface area (Å²) in [5, 5.41) is 7.04. The van der Waals surface area contributed by atoms with Gasteiger partial charge >= 0.3 is 0 Å². The first-order valence-corrected chi connectivity index (χ1v) is 11.9. The summed E-state index contributed by atoms with van der Waals surface area (Å²) < 4.78 is 35.0. The second kappa shape index (κ2) is 9.75. The van der Waals surface area contributed by atoms with E-state index in [2.05, 4.69) is 20.1 Å². The zero-order chi connectivity index (χ0) is 24.1. The number of sulfonamides is 1. The zero-order valence-corrected chi connectivity index (χ0v) is 19.4. The Morgan fingerprint density at radius 2 is 1.85 bits per heavy atom. The van der Waals surface area contributed by atoms with E-state index < -0.39 is 15.9 Å². The highest BCUT2D eigenvalue weighted by molar-refractivity contribution is 7.92. The Morgan fingerprint density at radius 3 is 2.56 bits per heavy atom. The number of rotatable bonds is 8. The fourth-order valence-electron chi connectivity index (χ4n) is 3.33. The Kier molecular flexibility index (Phi) is 6.60. The van der Waals surface area contributed by atoms with Gasteiger partial charge in [0.15, 0.2) is 5.82 Å². The van der Waals surface area contributed by atoms with Gasteiger partial charge in [-0.3, -0.25) is 9.52 Å². The predicted octanol–water partition coefficient (Wildman–Crippen LogP) is 3.32. The summed E-state index contributed by atoms with van der Waals surface area (Å²) in [5.41, 5.74) is 2.07. The van der Waals surface area contributed by atoms with Crippen LogP contribution in [-0.4, -0.2) is 36.2 Å². The van der Waals surface area contributed by atoms with Crippen molar-refractivity contribution in [2.75, 3.05) is 11.8 Å². The zero-order valence-electron chi connectivity index (χ0n) is 18.6. The number of benzene rings is 2. The van der Waals surface area contributed by atoms with Gasteiger partial charge in [0.1, 0.15) is 5.75 Å². The molecule has 0 saturated heterocycles. The third kappa shape index (κ3) is 5.07. The maximum atomic E-state index is 13.0. The van der Waals surface area contributed by atoms with Gasteiger partial charge in [0.05, 0.1) is 12.0 Å². The second-order valence-electron chi connectivity index (χ2n) is 7.43. The molecule has 4 aromatic rings. The predicted molar refractivity (Wildman–Crippen MR) is 128 cm³/mol. The Labute approximate surface area is 197 Å². The average molecular weight is 478 g/mol. The number of aryl methyl sites for hydroxylation is 1. The molecule has 34 heavy (non-hydrogen) atoms. The molecule has 0 bridgehead atoms. The molecular formula is C24H23N5O4S. The number of nitrogens with zero attached hydrogens (tertiary/aromatic N) is 3. The maximum Gasteiger partial charge on any atom is 0.261 e. The molecule has 0 radical (unpaired) electrons. The molecule has 10 heteroatoms. The molecule has 1 amide bonds. The van der Waals surface area contributed by atoms with E-state index >= 15 is 0 Å². The molecule has 0 aliphatic rings. The van der Waals surface area contributed by atoms with Crippen molar-refractivity contribution in [1.82, 2.24) is 20.1 Å². The SMILES string of the molecule is COc1ccc(NS(=O)(=O)c2ccc(C)c(C(=O)NCc3cccnc3-n3cccn3)c2)cc1. The molecule has 0 spiro atoms. The summed E-state index contributed by atoms with van der Waals surface area (Å²) >= 11 is 0. The van der Waals surface area contributed by atoms with Gasteiger partial charge in [-0.1, -0.05) is 12.1 Å². The van der Waals surface area contributed by atoms with Gasteiger partial charge in [-0.05, 0) is 61.0 Å². The minimum Gasteiger partial charge on any atom is -0.497 e. The Bertz CT molecular complexity index is 1400. The molecule has 4 rings (SSSR count). The van der Waals surface area contributed by atoms with Crippen molar-refractivity contribution in [1.29, 1.82) is 0 Å². The van der Waals surface area contributed by atoms with E-state index in [1.807, 2.05) is 6.07 Å². The normalized spacial score (nSPS) is 11.1. The van der Waals surface area contributed by atoms with Crippen LogP contribution in [0, 0.1) is 6.92 Å². The van der Waals surface area contributed by atoms with E-state index in [4.69, 9.17) is 4.74 Å². The molecule has 2 aromatic heterocycles. The number of aromatic nitrogens is 3. The summed E-state index contributed by atoms with van der Waals surface area (Å²) in [6.07, 6.45) is 5.06. The van der Waals surface area contributed by atoms with E-state index in [-0.39, 0.29) is 17.0 Å². The number of amides is 1. The number of anilines is 1. The molecule has 2 N–H and O–H groups in total. The van der Waals surface area contributed by atoms with Crippen LogP contribution in [-0.2, 0) is 16.6 Å². The van der Waals surface area contributed by atoms with Crippen LogP contribution in [0.15, 0.2) is 84.1 Å². The molecule has 0 aliphatic heterocycles. The number of nitrogens with one attached hydrogen (secondary N) is 2. The van der Waals surface area contributed by atoms with Gasteiger partial charge < -0.3 is 10.1 Å². The lowest BCUT2D eigenvalue weighted by atomic mass is 10.1. The van der Waals surface area contributed by atoms with Gasteiger partial charge in [-0.2, -0.15) is 5.10 Å². The number of hydrogen-bond donors (Lipinski definition) is 2. The lowest BCUT2D eigenvalue weighted by Gasteiger charge is -2.13. The van der Waals surface area contributed by atoms with Crippen LogP contribution < -0.4 is 14.8 Å². The van der Waals surface area contributed by atoms with Crippen LogP contribution in [0.2, 0.25) is 0 Å². The highest BCUT2D eigenvalue weighted by Gasteiger charge is 2.19. The highest BCUT2D eigenvalue weighted by Crippen LogP contribution is 2.21. The minimum atomic E-state index is -3.90. The number of ether oxygens (including phenoxy) is 1. The van der Waals surface area contributed by atoms with Crippen LogP contribution in [0.5, 0.6) is 5.75 Å². The lowest BCUT2D eigenvalue weighted by molar-refractivity contribution is 0.0950. The molecule has 0 aliphatic carbocycles. The largest absolute Gasteiger partial charge is 0.497 e. The number of pyridine rings is 1. The van der Waals surface area contributed by atoms with Crippen LogP contribution >= 0.6 is 0 Å². The molecule has 2 aromatic carbocycles. The molecule has 0 atom stereocenters. The van der Waals surface area contributed by atoms with Crippen LogP contribution in [0.1, 0.15) is 21.5 Å². The van der Waals surface area contributed by atoms with Crippen molar-refractivity contribution in [3.05, 3.63) is 95.9 Å². The van der Waals surface area contributed by atoms with E-state index in [0.29, 0.717) is 22.8 Å². The van der Waals surface area contributed by atoms with Gasteiger partial charge in [0, 0.05) is 41.9 Å². The molecular weight excluding hydrogens is 454 g/mol. The van der Waals surface area contributed by atoms with Crippen molar-refractivity contribution in [3.63, 3.8) is 0 Å². The van der Waals surface area contributed by atoms with Crippen molar-refractivity contribution in [2.45, 2.75) is 18.4 Å². The Morgan fingerprint density at radius 1 is 1.06 bits per heavy atom. The van der Waals surface area contributed by atoms with Crippen molar-refractivity contribution >= 4 is 21.6 Å². The topological polar surface area (TPSA) is 115 Å². The first kappa shape index (κ1) is 23.0. The molecule has 0 fully saturated rings. The van der Waals surface area contributed by atoms with Crippen LogP contribution in [0.3, 0.4) is 0 Å². The maximum absolute atomic E-state index is 13.0. The van der Waals surface area contributed by atoms with Gasteiger partial charge in [-0.25, -0.2) is 18.1 Å². The summed E-state index contributed by atoms with van der Waals surface area (Å²) in [6, 6.07) is 16.4. The van der Waals surface area contributed by atoms with Crippen molar-refractivity contribution < 1.29 is 17.9 Å². The Hall–Kier alpha value is -4.18. The highest BCUT2D eigenvalue weighted by atomic mass is 32.2. The molecule has 0 saturated carbocycles. The first-order valence-electron chi connectivity index (χ1n) is 10.4. The minimum absolute atomic E-state index is 0.0160. The third-order valence-electron chi connectivity index (χ3n) is 5.13. The summed E-state index contributed by atoms with van der Waals surface area (Å²) in [5.74, 6) is 0.820. The van der Waals surface area contributed by atoms with Crippen LogP contribution in [0.25, 0.3) is 5.82 Å². The van der Waals surface area contributed by atoms with Gasteiger partial charge in [0.2, 0.25) is 0 Å². The Balaban J connectivity index is 1.52. The molecule has 0 unspecified atom stereocenters. The van der Waals surface area contributed by atoms with Gasteiger partial charge in [0.25, 0.3) is 15.9 Å². The number of carbonyl (C=O) groups excluding carboxylic acids is 1. The summed E-state index contributed by atoms with van der Waals surface area (Å²) in [7, 11) is -2.37. The smallest absolute Gasteiger partial charge is 0.261 e.